The molecule has 1 unspecified atom stereocenters. The lowest BCUT2D eigenvalue weighted by atomic mass is 9.41. The number of fused-ring (bicyclic) bond motifs is 5. The van der Waals surface area contributed by atoms with E-state index in [2.05, 4.69) is 0 Å². The minimum absolute atomic E-state index is 0.0961. The third-order valence-electron chi connectivity index (χ3n) is 10.1. The summed E-state index contributed by atoms with van der Waals surface area (Å²) >= 11 is 0. The number of hydrogen-bond donors (Lipinski definition) is 2. The Morgan fingerprint density at radius 2 is 1.69 bits per heavy atom. The molecule has 0 amide bonds. The minimum Gasteiger partial charge on any atom is -0.458 e. The second-order valence-corrected chi connectivity index (χ2v) is 12.3. The lowest BCUT2D eigenvalue weighted by Crippen LogP contribution is -2.77. The van der Waals surface area contributed by atoms with Gasteiger partial charge in [0.1, 0.15) is 28.5 Å². The maximum atomic E-state index is 14.2. The molecule has 0 aliphatic heterocycles. The Morgan fingerprint density at radius 1 is 1.05 bits per heavy atom. The van der Waals surface area contributed by atoms with Crippen molar-refractivity contribution in [3.05, 3.63) is 47.0 Å². The van der Waals surface area contributed by atoms with Crippen LogP contribution in [0.15, 0.2) is 41.5 Å². The number of carbonyl (C=O) groups is 5. The largest absolute Gasteiger partial charge is 0.458 e. The van der Waals surface area contributed by atoms with Gasteiger partial charge in [-0.15, -0.1) is 0 Å². The van der Waals surface area contributed by atoms with Crippen molar-refractivity contribution in [2.45, 2.75) is 83.7 Å². The molecule has 4 aliphatic carbocycles. The molecule has 2 bridgehead atoms. The van der Waals surface area contributed by atoms with Crippen LogP contribution in [-0.4, -0.2) is 62.9 Å². The van der Waals surface area contributed by atoms with Crippen LogP contribution in [0.4, 0.5) is 0 Å². The third kappa shape index (κ3) is 3.48. The highest BCUT2D eigenvalue weighted by Crippen LogP contribution is 2.65. The predicted molar refractivity (Wildman–Crippen MR) is 136 cm³/mol. The van der Waals surface area contributed by atoms with Gasteiger partial charge in [0.15, 0.2) is 0 Å². The van der Waals surface area contributed by atoms with E-state index >= 15 is 0 Å². The smallest absolute Gasteiger partial charge is 0.338 e. The zero-order chi connectivity index (χ0) is 28.7. The van der Waals surface area contributed by atoms with E-state index in [0.29, 0.717) is 6.42 Å². The first-order chi connectivity index (χ1) is 18.1. The number of Topliss-reactive ketones (excluding diaryl/α,β-unsaturated/α-hetero) is 3. The zero-order valence-corrected chi connectivity index (χ0v) is 22.8. The lowest BCUT2D eigenvalue weighted by molar-refractivity contribution is -0.269. The van der Waals surface area contributed by atoms with Crippen LogP contribution in [0, 0.1) is 22.7 Å². The van der Waals surface area contributed by atoms with Crippen molar-refractivity contribution in [1.82, 2.24) is 0 Å². The van der Waals surface area contributed by atoms with E-state index in [-0.39, 0.29) is 36.0 Å². The number of ketones is 3. The minimum atomic E-state index is -2.11. The molecule has 5 rings (SSSR count). The highest BCUT2D eigenvalue weighted by molar-refractivity contribution is 6.49. The molecule has 9 nitrogen and oxygen atoms in total. The summed E-state index contributed by atoms with van der Waals surface area (Å²) in [5.74, 6) is -5.84. The summed E-state index contributed by atoms with van der Waals surface area (Å²) in [6.07, 6.45) is -2.56. The molecule has 0 saturated heterocycles. The Kier molecular flexibility index (Phi) is 6.09. The van der Waals surface area contributed by atoms with E-state index in [1.807, 2.05) is 0 Å². The van der Waals surface area contributed by atoms with Crippen LogP contribution >= 0.6 is 0 Å². The first-order valence-corrected chi connectivity index (χ1v) is 13.3. The Hall–Kier alpha value is -3.17. The van der Waals surface area contributed by atoms with Gasteiger partial charge in [0.05, 0.1) is 17.6 Å². The summed E-state index contributed by atoms with van der Waals surface area (Å²) in [5, 5.41) is 23.7. The van der Waals surface area contributed by atoms with E-state index < -0.39 is 75.4 Å². The van der Waals surface area contributed by atoms with Gasteiger partial charge in [-0.1, -0.05) is 32.0 Å². The van der Waals surface area contributed by atoms with Crippen LogP contribution < -0.4 is 0 Å². The molecule has 7 atom stereocenters. The number of hydrogen-bond acceptors (Lipinski definition) is 9. The van der Waals surface area contributed by atoms with Crippen LogP contribution in [0.25, 0.3) is 0 Å². The van der Waals surface area contributed by atoms with Gasteiger partial charge >= 0.3 is 11.9 Å². The molecular weight excluding hydrogens is 504 g/mol. The molecule has 0 spiro atoms. The molecule has 208 valence electrons. The first kappa shape index (κ1) is 27.4. The van der Waals surface area contributed by atoms with Crippen LogP contribution in [0.1, 0.15) is 70.7 Å². The number of ether oxygens (including phenoxy) is 2. The van der Waals surface area contributed by atoms with Gasteiger partial charge in [-0.05, 0) is 44.4 Å². The summed E-state index contributed by atoms with van der Waals surface area (Å²) < 4.78 is 12.0. The molecule has 1 aromatic carbocycles. The van der Waals surface area contributed by atoms with Gasteiger partial charge in [-0.2, -0.15) is 0 Å². The van der Waals surface area contributed by atoms with Crippen molar-refractivity contribution in [2.24, 2.45) is 22.7 Å². The van der Waals surface area contributed by atoms with Gasteiger partial charge in [-0.25, -0.2) is 4.79 Å². The molecule has 1 aromatic rings. The second kappa shape index (κ2) is 8.66. The van der Waals surface area contributed by atoms with Crippen molar-refractivity contribution >= 4 is 29.3 Å². The Bertz CT molecular complexity index is 1330. The molecule has 0 radical (unpaired) electrons. The molecule has 4 aliphatic rings. The van der Waals surface area contributed by atoms with Gasteiger partial charge in [-0.3, -0.25) is 19.2 Å². The van der Waals surface area contributed by atoms with E-state index in [9.17, 15) is 34.2 Å². The van der Waals surface area contributed by atoms with Crippen molar-refractivity contribution < 1.29 is 43.7 Å². The molecule has 3 fully saturated rings. The van der Waals surface area contributed by atoms with E-state index in [1.54, 1.807) is 32.0 Å². The molecule has 0 heterocycles. The number of aliphatic hydroxyl groups excluding tert-OH is 1. The number of carbonyl (C=O) groups excluding carboxylic acids is 5. The lowest BCUT2D eigenvalue weighted by Gasteiger charge is -2.65. The monoisotopic (exact) mass is 538 g/mol. The average Bonchev–Trinajstić information content (AvgIpc) is 2.87. The normalized spacial score (nSPS) is 39.0. The number of rotatable bonds is 3. The Morgan fingerprint density at radius 3 is 2.26 bits per heavy atom. The summed E-state index contributed by atoms with van der Waals surface area (Å²) in [6, 6.07) is 8.05. The fourth-order valence-corrected chi connectivity index (χ4v) is 7.77. The van der Waals surface area contributed by atoms with Crippen LogP contribution in [0.2, 0.25) is 0 Å². The van der Waals surface area contributed by atoms with Gasteiger partial charge in [0.2, 0.25) is 11.6 Å². The van der Waals surface area contributed by atoms with Gasteiger partial charge in [0, 0.05) is 36.7 Å². The Labute approximate surface area is 226 Å². The summed E-state index contributed by atoms with van der Waals surface area (Å²) in [5.41, 5.74) is -6.79. The van der Waals surface area contributed by atoms with Crippen molar-refractivity contribution in [3.63, 3.8) is 0 Å². The maximum Gasteiger partial charge on any atom is 0.338 e. The molecule has 39 heavy (non-hydrogen) atoms. The molecule has 3 saturated carbocycles. The van der Waals surface area contributed by atoms with E-state index in [1.165, 1.54) is 32.9 Å². The molecular formula is C30H34O9. The summed E-state index contributed by atoms with van der Waals surface area (Å²) in [4.78, 5) is 67.9. The van der Waals surface area contributed by atoms with Crippen molar-refractivity contribution in [2.75, 3.05) is 0 Å². The summed E-state index contributed by atoms with van der Waals surface area (Å²) in [7, 11) is 0. The van der Waals surface area contributed by atoms with Crippen molar-refractivity contribution in [3.8, 4) is 0 Å². The third-order valence-corrected chi connectivity index (χ3v) is 10.1. The topological polar surface area (TPSA) is 144 Å². The highest BCUT2D eigenvalue weighted by Gasteiger charge is 2.77. The van der Waals surface area contributed by atoms with Crippen LogP contribution in [-0.2, 0) is 28.7 Å². The predicted octanol–water partition coefficient (Wildman–Crippen LogP) is 2.51. The Balaban J connectivity index is 1.83. The zero-order valence-electron chi connectivity index (χ0n) is 22.8. The van der Waals surface area contributed by atoms with Crippen LogP contribution in [0.5, 0.6) is 0 Å². The van der Waals surface area contributed by atoms with Gasteiger partial charge in [0.25, 0.3) is 0 Å². The van der Waals surface area contributed by atoms with Gasteiger partial charge < -0.3 is 19.7 Å². The van der Waals surface area contributed by atoms with E-state index in [4.69, 9.17) is 9.47 Å². The quantitative estimate of drug-likeness (QED) is 0.337. The average molecular weight is 539 g/mol. The highest BCUT2D eigenvalue weighted by atomic mass is 16.6. The number of benzene rings is 1. The standard InChI is InChI=1S/C30H34O9/c1-15-19(32)14-30(37)25(38-26(36)17-9-7-6-8-10-17)23-28(5,24(35)22(34)21(15)27(30,3)4)20(33)13-18-11-12-29(18,23)39-16(2)31/h6-10,18-19,23,25,32,37H,11-14H2,1-5H3/t18-,19+,23?,25+,28-,29+,30-/m1/s1. The van der Waals surface area contributed by atoms with Crippen LogP contribution in [0.3, 0.4) is 0 Å². The summed E-state index contributed by atoms with van der Waals surface area (Å²) in [6.45, 7) is 7.20. The van der Waals surface area contributed by atoms with E-state index in [0.717, 1.165) is 0 Å². The molecule has 0 aromatic heterocycles. The van der Waals surface area contributed by atoms with Crippen molar-refractivity contribution in [1.29, 1.82) is 0 Å². The second-order valence-electron chi connectivity index (χ2n) is 12.3. The number of aliphatic hydroxyl groups is 2. The SMILES string of the molecule is CC(=O)O[C@@]12CC[C@@H]1CC(=O)[C@@]1(C)C(=O)C(=O)C3=C(C)[C@@H](O)C[C@@](O)([C@@H](OC(=O)c4ccccc4)C12)C3(C)C. The first-order valence-electron chi connectivity index (χ1n) is 13.3. The fourth-order valence-electron chi connectivity index (χ4n) is 7.77. The number of esters is 2. The molecule has 9 heteroatoms. The fraction of sp³-hybridized carbons (Fsp3) is 0.567. The maximum absolute atomic E-state index is 14.2. The molecule has 2 N–H and O–H groups in total.